The van der Waals surface area contributed by atoms with Gasteiger partial charge in [-0.3, -0.25) is 9.59 Å². The topological polar surface area (TPSA) is 67.4 Å². The minimum atomic E-state index is -0.146. The zero-order valence-electron chi connectivity index (χ0n) is 13.0. The number of para-hydroxylation sites is 1. The second-order valence-corrected chi connectivity index (χ2v) is 5.02. The molecule has 0 atom stereocenters. The molecule has 0 heterocycles. The van der Waals surface area contributed by atoms with Crippen molar-refractivity contribution in [3.05, 3.63) is 65.7 Å². The highest BCUT2D eigenvalue weighted by molar-refractivity contribution is 5.94. The molecule has 0 aliphatic heterocycles. The first-order valence-corrected chi connectivity index (χ1v) is 7.44. The lowest BCUT2D eigenvalue weighted by Gasteiger charge is -2.08. The van der Waals surface area contributed by atoms with Crippen LogP contribution in [0.4, 0.5) is 0 Å². The molecule has 0 aliphatic carbocycles. The Bertz CT molecular complexity index is 639. The molecule has 0 saturated heterocycles. The van der Waals surface area contributed by atoms with Gasteiger partial charge in [0.2, 0.25) is 5.91 Å². The summed E-state index contributed by atoms with van der Waals surface area (Å²) in [6.45, 7) is 2.78. The Labute approximate surface area is 135 Å². The second-order valence-electron chi connectivity index (χ2n) is 5.02. The minimum Gasteiger partial charge on any atom is -0.492 e. The van der Waals surface area contributed by atoms with Crippen molar-refractivity contribution in [3.8, 4) is 5.75 Å². The third-order valence-electron chi connectivity index (χ3n) is 3.16. The van der Waals surface area contributed by atoms with E-state index in [1.165, 1.54) is 6.92 Å². The van der Waals surface area contributed by atoms with E-state index in [9.17, 15) is 9.59 Å². The van der Waals surface area contributed by atoms with E-state index < -0.39 is 0 Å². The fourth-order valence-electron chi connectivity index (χ4n) is 1.95. The van der Waals surface area contributed by atoms with E-state index in [4.69, 9.17) is 4.74 Å². The molecule has 0 spiro atoms. The van der Waals surface area contributed by atoms with E-state index in [0.29, 0.717) is 25.3 Å². The van der Waals surface area contributed by atoms with Gasteiger partial charge in [0.15, 0.2) is 0 Å². The fraction of sp³-hybridized carbons (Fsp3) is 0.222. The number of benzene rings is 2. The van der Waals surface area contributed by atoms with Crippen LogP contribution in [0, 0.1) is 0 Å². The second kappa shape index (κ2) is 8.58. The highest BCUT2D eigenvalue weighted by Crippen LogP contribution is 2.07. The summed E-state index contributed by atoms with van der Waals surface area (Å²) < 4.78 is 5.51. The van der Waals surface area contributed by atoms with Gasteiger partial charge >= 0.3 is 0 Å². The Morgan fingerprint density at radius 3 is 2.30 bits per heavy atom. The van der Waals surface area contributed by atoms with Gasteiger partial charge in [-0.25, -0.2) is 0 Å². The summed E-state index contributed by atoms with van der Waals surface area (Å²) in [6.07, 6.45) is 0. The van der Waals surface area contributed by atoms with Gasteiger partial charge in [0.1, 0.15) is 12.4 Å². The smallest absolute Gasteiger partial charge is 0.251 e. The molecule has 0 bridgehead atoms. The highest BCUT2D eigenvalue weighted by atomic mass is 16.5. The summed E-state index contributed by atoms with van der Waals surface area (Å²) in [5.74, 6) is 0.557. The molecule has 2 amide bonds. The van der Waals surface area contributed by atoms with Crippen LogP contribution in [-0.4, -0.2) is 25.0 Å². The van der Waals surface area contributed by atoms with Gasteiger partial charge in [-0.05, 0) is 29.8 Å². The van der Waals surface area contributed by atoms with Gasteiger partial charge in [-0.1, -0.05) is 30.3 Å². The molecule has 0 saturated carbocycles. The SMILES string of the molecule is CC(=O)NCc1ccc(C(=O)NCCOc2ccccc2)cc1. The van der Waals surface area contributed by atoms with Gasteiger partial charge < -0.3 is 15.4 Å². The molecule has 2 aromatic carbocycles. The maximum Gasteiger partial charge on any atom is 0.251 e. The molecular formula is C18H20N2O3. The minimum absolute atomic E-state index is 0.0785. The van der Waals surface area contributed by atoms with Crippen LogP contribution in [0.2, 0.25) is 0 Å². The molecule has 5 heteroatoms. The molecule has 2 aromatic rings. The predicted molar refractivity (Wildman–Crippen MR) is 88.2 cm³/mol. The van der Waals surface area contributed by atoms with Crippen LogP contribution in [0.5, 0.6) is 5.75 Å². The van der Waals surface area contributed by atoms with Crippen LogP contribution in [0.15, 0.2) is 54.6 Å². The molecule has 0 unspecified atom stereocenters. The van der Waals surface area contributed by atoms with Crippen molar-refractivity contribution >= 4 is 11.8 Å². The maximum absolute atomic E-state index is 12.0. The van der Waals surface area contributed by atoms with Gasteiger partial charge in [0.05, 0.1) is 6.54 Å². The van der Waals surface area contributed by atoms with Gasteiger partial charge in [-0.2, -0.15) is 0 Å². The molecule has 2 rings (SSSR count). The van der Waals surface area contributed by atoms with Gasteiger partial charge in [0.25, 0.3) is 5.91 Å². The van der Waals surface area contributed by atoms with Crippen LogP contribution in [0.1, 0.15) is 22.8 Å². The van der Waals surface area contributed by atoms with Crippen LogP contribution >= 0.6 is 0 Å². The Balaban J connectivity index is 1.73. The van der Waals surface area contributed by atoms with Crippen molar-refractivity contribution in [1.29, 1.82) is 0 Å². The third-order valence-corrected chi connectivity index (χ3v) is 3.16. The fourth-order valence-corrected chi connectivity index (χ4v) is 1.95. The summed E-state index contributed by atoms with van der Waals surface area (Å²) in [6, 6.07) is 16.6. The van der Waals surface area contributed by atoms with Gasteiger partial charge in [-0.15, -0.1) is 0 Å². The van der Waals surface area contributed by atoms with Crippen molar-refractivity contribution < 1.29 is 14.3 Å². The zero-order chi connectivity index (χ0) is 16.5. The quantitative estimate of drug-likeness (QED) is 0.770. The van der Waals surface area contributed by atoms with Crippen molar-refractivity contribution in [3.63, 3.8) is 0 Å². The van der Waals surface area contributed by atoms with Crippen molar-refractivity contribution in [2.75, 3.05) is 13.2 Å². The van der Waals surface area contributed by atoms with Crippen molar-refractivity contribution in [2.24, 2.45) is 0 Å². The van der Waals surface area contributed by atoms with E-state index in [-0.39, 0.29) is 11.8 Å². The molecule has 120 valence electrons. The number of carbonyl (C=O) groups is 2. The van der Waals surface area contributed by atoms with E-state index in [2.05, 4.69) is 10.6 Å². The third kappa shape index (κ3) is 5.82. The predicted octanol–water partition coefficient (Wildman–Crippen LogP) is 2.13. The molecule has 2 N–H and O–H groups in total. The molecule has 5 nitrogen and oxygen atoms in total. The summed E-state index contributed by atoms with van der Waals surface area (Å²) in [5, 5.41) is 5.52. The first-order valence-electron chi connectivity index (χ1n) is 7.44. The summed E-state index contributed by atoms with van der Waals surface area (Å²) in [7, 11) is 0. The van der Waals surface area contributed by atoms with Crippen LogP contribution in [0.3, 0.4) is 0 Å². The van der Waals surface area contributed by atoms with E-state index in [0.717, 1.165) is 11.3 Å². The monoisotopic (exact) mass is 312 g/mol. The standard InChI is InChI=1S/C18H20N2O3/c1-14(21)20-13-15-7-9-16(10-8-15)18(22)19-11-12-23-17-5-3-2-4-6-17/h2-10H,11-13H2,1H3,(H,19,22)(H,20,21). The van der Waals surface area contributed by atoms with Crippen LogP contribution in [-0.2, 0) is 11.3 Å². The largest absolute Gasteiger partial charge is 0.492 e. The Kier molecular flexibility index (Phi) is 6.17. The average molecular weight is 312 g/mol. The molecule has 23 heavy (non-hydrogen) atoms. The highest BCUT2D eigenvalue weighted by Gasteiger charge is 2.05. The Morgan fingerprint density at radius 2 is 1.65 bits per heavy atom. The van der Waals surface area contributed by atoms with E-state index in [1.807, 2.05) is 42.5 Å². The lowest BCUT2D eigenvalue weighted by molar-refractivity contribution is -0.119. The molecule has 0 aromatic heterocycles. The normalized spacial score (nSPS) is 9.96. The number of rotatable bonds is 7. The van der Waals surface area contributed by atoms with Crippen LogP contribution in [0.25, 0.3) is 0 Å². The Hall–Kier alpha value is -2.82. The zero-order valence-corrected chi connectivity index (χ0v) is 13.0. The molecule has 0 fully saturated rings. The number of nitrogens with one attached hydrogen (secondary N) is 2. The van der Waals surface area contributed by atoms with Crippen LogP contribution < -0.4 is 15.4 Å². The number of amides is 2. The van der Waals surface area contributed by atoms with E-state index in [1.54, 1.807) is 12.1 Å². The van der Waals surface area contributed by atoms with Crippen molar-refractivity contribution in [1.82, 2.24) is 10.6 Å². The number of carbonyl (C=O) groups excluding carboxylic acids is 2. The summed E-state index contributed by atoms with van der Waals surface area (Å²) in [4.78, 5) is 22.9. The summed E-state index contributed by atoms with van der Waals surface area (Å²) >= 11 is 0. The molecular weight excluding hydrogens is 292 g/mol. The maximum atomic E-state index is 12.0. The van der Waals surface area contributed by atoms with Gasteiger partial charge in [0, 0.05) is 19.0 Å². The average Bonchev–Trinajstić information content (AvgIpc) is 2.58. The lowest BCUT2D eigenvalue weighted by Crippen LogP contribution is -2.28. The first-order chi connectivity index (χ1) is 11.1. The van der Waals surface area contributed by atoms with E-state index >= 15 is 0 Å². The number of hydrogen-bond acceptors (Lipinski definition) is 3. The number of hydrogen-bond donors (Lipinski definition) is 2. The summed E-state index contributed by atoms with van der Waals surface area (Å²) in [5.41, 5.74) is 1.53. The van der Waals surface area contributed by atoms with Crippen molar-refractivity contribution in [2.45, 2.75) is 13.5 Å². The first kappa shape index (κ1) is 16.5. The number of ether oxygens (including phenoxy) is 1. The lowest BCUT2D eigenvalue weighted by atomic mass is 10.1. The Morgan fingerprint density at radius 1 is 0.957 bits per heavy atom. The molecule has 0 aliphatic rings. The molecule has 0 radical (unpaired) electrons.